The maximum absolute atomic E-state index is 11.1. The summed E-state index contributed by atoms with van der Waals surface area (Å²) in [6, 6.07) is 0. The Hall–Kier alpha value is -0.220. The van der Waals surface area contributed by atoms with Crippen LogP contribution in [0.15, 0.2) is 0 Å². The Morgan fingerprint density at radius 3 is 2.85 bits per heavy atom. The molecule has 1 amide bonds. The summed E-state index contributed by atoms with van der Waals surface area (Å²) in [7, 11) is 0. The van der Waals surface area contributed by atoms with Crippen molar-refractivity contribution in [1.29, 1.82) is 0 Å². The lowest BCUT2D eigenvalue weighted by atomic mass is 10.2. The standard InChI is InChI=1S/C9H19NO2S/c1-3-13-5-4-9(12)10-6-8(2)7-11/h8,11H,3-7H2,1-2H3,(H,10,12). The highest BCUT2D eigenvalue weighted by Crippen LogP contribution is 2.00. The van der Waals surface area contributed by atoms with Gasteiger partial charge in [0.25, 0.3) is 0 Å². The van der Waals surface area contributed by atoms with Gasteiger partial charge in [0.05, 0.1) is 0 Å². The molecule has 2 N–H and O–H groups in total. The fourth-order valence-corrected chi connectivity index (χ4v) is 1.37. The van der Waals surface area contributed by atoms with E-state index >= 15 is 0 Å². The van der Waals surface area contributed by atoms with E-state index in [9.17, 15) is 4.79 Å². The van der Waals surface area contributed by atoms with Gasteiger partial charge < -0.3 is 10.4 Å². The molecule has 0 saturated heterocycles. The molecule has 13 heavy (non-hydrogen) atoms. The number of carbonyl (C=O) groups is 1. The minimum absolute atomic E-state index is 0.0845. The second-order valence-electron chi connectivity index (χ2n) is 3.04. The van der Waals surface area contributed by atoms with Gasteiger partial charge in [-0.3, -0.25) is 4.79 Å². The molecule has 1 atom stereocenters. The lowest BCUT2D eigenvalue weighted by Gasteiger charge is -2.08. The molecule has 0 heterocycles. The van der Waals surface area contributed by atoms with Crippen LogP contribution in [-0.2, 0) is 4.79 Å². The number of aliphatic hydroxyl groups is 1. The van der Waals surface area contributed by atoms with Gasteiger partial charge in [0, 0.05) is 25.3 Å². The Labute approximate surface area is 84.3 Å². The van der Waals surface area contributed by atoms with Gasteiger partial charge in [0.1, 0.15) is 0 Å². The second kappa shape index (κ2) is 8.38. The minimum atomic E-state index is 0.0845. The first-order valence-corrected chi connectivity index (χ1v) is 5.81. The Balaban J connectivity index is 3.30. The molecule has 0 fully saturated rings. The van der Waals surface area contributed by atoms with Crippen molar-refractivity contribution >= 4 is 17.7 Å². The molecule has 0 radical (unpaired) electrons. The van der Waals surface area contributed by atoms with Crippen molar-refractivity contribution in [3.05, 3.63) is 0 Å². The van der Waals surface area contributed by atoms with Crippen LogP contribution < -0.4 is 5.32 Å². The third-order valence-electron chi connectivity index (χ3n) is 1.64. The lowest BCUT2D eigenvalue weighted by Crippen LogP contribution is -2.29. The van der Waals surface area contributed by atoms with Crippen molar-refractivity contribution in [3.8, 4) is 0 Å². The molecule has 4 heteroatoms. The van der Waals surface area contributed by atoms with E-state index in [0.717, 1.165) is 11.5 Å². The van der Waals surface area contributed by atoms with Crippen molar-refractivity contribution in [2.45, 2.75) is 20.3 Å². The third kappa shape index (κ3) is 8.12. The number of aliphatic hydroxyl groups excluding tert-OH is 1. The maximum Gasteiger partial charge on any atom is 0.220 e. The molecule has 0 spiro atoms. The van der Waals surface area contributed by atoms with Gasteiger partial charge in [-0.2, -0.15) is 11.8 Å². The van der Waals surface area contributed by atoms with Crippen molar-refractivity contribution in [2.75, 3.05) is 24.7 Å². The smallest absolute Gasteiger partial charge is 0.220 e. The molecular weight excluding hydrogens is 186 g/mol. The van der Waals surface area contributed by atoms with Gasteiger partial charge in [0.2, 0.25) is 5.91 Å². The van der Waals surface area contributed by atoms with Crippen molar-refractivity contribution < 1.29 is 9.90 Å². The van der Waals surface area contributed by atoms with Crippen LogP contribution in [0.5, 0.6) is 0 Å². The van der Waals surface area contributed by atoms with Crippen LogP contribution in [0.2, 0.25) is 0 Å². The maximum atomic E-state index is 11.1. The zero-order chi connectivity index (χ0) is 10.1. The fourth-order valence-electron chi connectivity index (χ4n) is 0.750. The number of thioether (sulfide) groups is 1. The van der Waals surface area contributed by atoms with Crippen LogP contribution in [0.4, 0.5) is 0 Å². The molecule has 78 valence electrons. The first-order valence-electron chi connectivity index (χ1n) is 4.66. The summed E-state index contributed by atoms with van der Waals surface area (Å²) in [6.07, 6.45) is 0.580. The molecule has 3 nitrogen and oxygen atoms in total. The molecule has 0 bridgehead atoms. The van der Waals surface area contributed by atoms with Crippen LogP contribution in [0.3, 0.4) is 0 Å². The first kappa shape index (κ1) is 12.8. The van der Waals surface area contributed by atoms with E-state index < -0.39 is 0 Å². The molecule has 0 saturated carbocycles. The quantitative estimate of drug-likeness (QED) is 0.606. The molecule has 1 unspecified atom stereocenters. The summed E-state index contributed by atoms with van der Waals surface area (Å²) in [4.78, 5) is 11.1. The number of rotatable bonds is 7. The molecule has 0 aliphatic carbocycles. The lowest BCUT2D eigenvalue weighted by molar-refractivity contribution is -0.120. The Morgan fingerprint density at radius 1 is 1.62 bits per heavy atom. The van der Waals surface area contributed by atoms with E-state index in [4.69, 9.17) is 5.11 Å². The van der Waals surface area contributed by atoms with E-state index in [1.807, 2.05) is 6.92 Å². The highest BCUT2D eigenvalue weighted by Gasteiger charge is 2.03. The minimum Gasteiger partial charge on any atom is -0.396 e. The van der Waals surface area contributed by atoms with E-state index in [2.05, 4.69) is 12.2 Å². The predicted octanol–water partition coefficient (Wildman–Crippen LogP) is 0.874. The van der Waals surface area contributed by atoms with E-state index in [1.165, 1.54) is 0 Å². The Kier molecular flexibility index (Phi) is 8.24. The summed E-state index contributed by atoms with van der Waals surface area (Å²) in [5.41, 5.74) is 0. The Morgan fingerprint density at radius 2 is 2.31 bits per heavy atom. The van der Waals surface area contributed by atoms with Crippen molar-refractivity contribution in [3.63, 3.8) is 0 Å². The molecule has 0 aliphatic heterocycles. The SMILES string of the molecule is CCSCCC(=O)NCC(C)CO. The fraction of sp³-hybridized carbons (Fsp3) is 0.889. The van der Waals surface area contributed by atoms with Gasteiger partial charge >= 0.3 is 0 Å². The third-order valence-corrected chi connectivity index (χ3v) is 2.54. The van der Waals surface area contributed by atoms with Crippen LogP contribution in [0.1, 0.15) is 20.3 Å². The van der Waals surface area contributed by atoms with Crippen LogP contribution in [0, 0.1) is 5.92 Å². The topological polar surface area (TPSA) is 49.3 Å². The normalized spacial score (nSPS) is 12.5. The van der Waals surface area contributed by atoms with Gasteiger partial charge in [-0.25, -0.2) is 0 Å². The summed E-state index contributed by atoms with van der Waals surface area (Å²) in [5, 5.41) is 11.5. The van der Waals surface area contributed by atoms with Crippen molar-refractivity contribution in [1.82, 2.24) is 5.32 Å². The zero-order valence-electron chi connectivity index (χ0n) is 8.38. The average Bonchev–Trinajstić information content (AvgIpc) is 2.14. The van der Waals surface area contributed by atoms with Gasteiger partial charge in [0.15, 0.2) is 0 Å². The molecule has 0 aromatic heterocycles. The Bertz CT molecular complexity index is 142. The summed E-state index contributed by atoms with van der Waals surface area (Å²) < 4.78 is 0. The summed E-state index contributed by atoms with van der Waals surface area (Å²) >= 11 is 1.77. The number of hydrogen-bond donors (Lipinski definition) is 2. The molecule has 0 aromatic rings. The summed E-state index contributed by atoms with van der Waals surface area (Å²) in [6.45, 7) is 4.69. The van der Waals surface area contributed by atoms with Crippen LogP contribution in [-0.4, -0.2) is 35.7 Å². The van der Waals surface area contributed by atoms with E-state index in [1.54, 1.807) is 11.8 Å². The van der Waals surface area contributed by atoms with Gasteiger partial charge in [-0.05, 0) is 11.7 Å². The second-order valence-corrected chi connectivity index (χ2v) is 4.43. The van der Waals surface area contributed by atoms with Gasteiger partial charge in [-0.1, -0.05) is 13.8 Å². The summed E-state index contributed by atoms with van der Waals surface area (Å²) in [5.74, 6) is 2.18. The molecular formula is C9H19NO2S. The molecule has 0 aromatic carbocycles. The number of nitrogens with one attached hydrogen (secondary N) is 1. The number of hydrogen-bond acceptors (Lipinski definition) is 3. The molecule has 0 rings (SSSR count). The highest BCUT2D eigenvalue weighted by atomic mass is 32.2. The van der Waals surface area contributed by atoms with Crippen LogP contribution >= 0.6 is 11.8 Å². The average molecular weight is 205 g/mol. The van der Waals surface area contributed by atoms with Gasteiger partial charge in [-0.15, -0.1) is 0 Å². The zero-order valence-corrected chi connectivity index (χ0v) is 9.19. The van der Waals surface area contributed by atoms with Crippen LogP contribution in [0.25, 0.3) is 0 Å². The largest absolute Gasteiger partial charge is 0.396 e. The molecule has 0 aliphatic rings. The van der Waals surface area contributed by atoms with E-state index in [0.29, 0.717) is 13.0 Å². The number of carbonyl (C=O) groups excluding carboxylic acids is 1. The van der Waals surface area contributed by atoms with Crippen molar-refractivity contribution in [2.24, 2.45) is 5.92 Å². The monoisotopic (exact) mass is 205 g/mol. The number of amides is 1. The first-order chi connectivity index (χ1) is 6.20. The van der Waals surface area contributed by atoms with E-state index in [-0.39, 0.29) is 18.4 Å². The predicted molar refractivity (Wildman–Crippen MR) is 56.9 cm³/mol. The highest BCUT2D eigenvalue weighted by molar-refractivity contribution is 7.99.